The molecule has 1 amide bonds. The number of carbonyl (C=O) groups excluding carboxylic acids is 1. The van der Waals surface area contributed by atoms with E-state index in [1.807, 2.05) is 4.90 Å². The molecular weight excluding hydrogens is 321 g/mol. The summed E-state index contributed by atoms with van der Waals surface area (Å²) in [6.07, 6.45) is 1.92. The zero-order valence-corrected chi connectivity index (χ0v) is 15.0. The third kappa shape index (κ3) is 4.24. The number of halogens is 1. The van der Waals surface area contributed by atoms with E-state index in [2.05, 4.69) is 24.0 Å². The molecule has 3 rings (SSSR count). The van der Waals surface area contributed by atoms with Crippen LogP contribution in [0.4, 0.5) is 4.39 Å². The molecule has 0 spiro atoms. The SMILES string of the molecule is Cc1ccc(-c2noc(CCC(=O)N3C[C@H](C)C[C@@H](C)C3)n2)cc1F. The summed E-state index contributed by atoms with van der Waals surface area (Å²) >= 11 is 0. The molecule has 1 aliphatic heterocycles. The van der Waals surface area contributed by atoms with Crippen LogP contribution in [0.3, 0.4) is 0 Å². The highest BCUT2D eigenvalue weighted by Crippen LogP contribution is 2.22. The summed E-state index contributed by atoms with van der Waals surface area (Å²) in [5.41, 5.74) is 1.14. The zero-order valence-electron chi connectivity index (χ0n) is 15.0. The molecule has 0 aliphatic carbocycles. The van der Waals surface area contributed by atoms with Gasteiger partial charge in [0.15, 0.2) is 0 Å². The second-order valence-electron chi connectivity index (χ2n) is 7.22. The zero-order chi connectivity index (χ0) is 18.0. The smallest absolute Gasteiger partial charge is 0.227 e. The fourth-order valence-electron chi connectivity index (χ4n) is 3.44. The second-order valence-corrected chi connectivity index (χ2v) is 7.22. The molecule has 1 aromatic carbocycles. The first-order chi connectivity index (χ1) is 11.9. The van der Waals surface area contributed by atoms with Crippen LogP contribution in [-0.2, 0) is 11.2 Å². The monoisotopic (exact) mass is 345 g/mol. The lowest BCUT2D eigenvalue weighted by Crippen LogP contribution is -2.42. The highest BCUT2D eigenvalue weighted by molar-refractivity contribution is 5.76. The van der Waals surface area contributed by atoms with E-state index < -0.39 is 0 Å². The van der Waals surface area contributed by atoms with Crippen LogP contribution in [0.5, 0.6) is 0 Å². The summed E-state index contributed by atoms with van der Waals surface area (Å²) in [5.74, 6) is 1.66. The largest absolute Gasteiger partial charge is 0.342 e. The van der Waals surface area contributed by atoms with Gasteiger partial charge in [0.1, 0.15) is 5.82 Å². The minimum atomic E-state index is -0.299. The van der Waals surface area contributed by atoms with Crippen LogP contribution < -0.4 is 0 Å². The van der Waals surface area contributed by atoms with E-state index in [9.17, 15) is 9.18 Å². The molecule has 2 aromatic rings. The molecule has 0 bridgehead atoms. The van der Waals surface area contributed by atoms with Crippen LogP contribution in [-0.4, -0.2) is 34.0 Å². The Morgan fingerprint density at radius 2 is 2.04 bits per heavy atom. The molecule has 5 nitrogen and oxygen atoms in total. The van der Waals surface area contributed by atoms with E-state index >= 15 is 0 Å². The van der Waals surface area contributed by atoms with Crippen molar-refractivity contribution in [2.75, 3.05) is 13.1 Å². The Hall–Kier alpha value is -2.24. The van der Waals surface area contributed by atoms with Crippen LogP contribution in [0.2, 0.25) is 0 Å². The highest BCUT2D eigenvalue weighted by atomic mass is 19.1. The topological polar surface area (TPSA) is 59.2 Å². The number of aromatic nitrogens is 2. The third-order valence-corrected chi connectivity index (χ3v) is 4.67. The standard InChI is InChI=1S/C19H24FN3O2/c1-12-8-13(2)11-23(10-12)18(24)7-6-17-21-19(22-25-17)15-5-4-14(3)16(20)9-15/h4-5,9,12-13H,6-8,10-11H2,1-3H3/t12-,13-/m1/s1. The van der Waals surface area contributed by atoms with E-state index in [1.54, 1.807) is 19.1 Å². The maximum atomic E-state index is 13.7. The Labute approximate surface area is 147 Å². The number of carbonyl (C=O) groups is 1. The van der Waals surface area contributed by atoms with Crippen molar-refractivity contribution in [2.24, 2.45) is 11.8 Å². The summed E-state index contributed by atoms with van der Waals surface area (Å²) in [4.78, 5) is 18.6. The van der Waals surface area contributed by atoms with Gasteiger partial charge in [0.2, 0.25) is 17.6 Å². The van der Waals surface area contributed by atoms with Crippen LogP contribution in [0.1, 0.15) is 38.1 Å². The van der Waals surface area contributed by atoms with Crippen molar-refractivity contribution in [1.82, 2.24) is 15.0 Å². The van der Waals surface area contributed by atoms with Gasteiger partial charge in [0, 0.05) is 31.5 Å². The predicted molar refractivity (Wildman–Crippen MR) is 92.3 cm³/mol. The average molecular weight is 345 g/mol. The van der Waals surface area contributed by atoms with Crippen LogP contribution in [0.15, 0.2) is 22.7 Å². The Bertz CT molecular complexity index is 749. The van der Waals surface area contributed by atoms with Gasteiger partial charge < -0.3 is 9.42 Å². The average Bonchev–Trinajstić information content (AvgIpc) is 3.03. The second kappa shape index (κ2) is 7.33. The lowest BCUT2D eigenvalue weighted by Gasteiger charge is -2.35. The first kappa shape index (κ1) is 17.6. The van der Waals surface area contributed by atoms with Gasteiger partial charge in [-0.25, -0.2) is 4.39 Å². The van der Waals surface area contributed by atoms with E-state index in [-0.39, 0.29) is 11.7 Å². The van der Waals surface area contributed by atoms with Gasteiger partial charge in [-0.2, -0.15) is 4.98 Å². The summed E-state index contributed by atoms with van der Waals surface area (Å²) in [6, 6.07) is 4.84. The van der Waals surface area contributed by atoms with Crippen molar-refractivity contribution in [3.63, 3.8) is 0 Å². The first-order valence-electron chi connectivity index (χ1n) is 8.79. The first-order valence-corrected chi connectivity index (χ1v) is 8.79. The highest BCUT2D eigenvalue weighted by Gasteiger charge is 2.25. The number of hydrogen-bond acceptors (Lipinski definition) is 4. The molecule has 1 aromatic heterocycles. The minimum absolute atomic E-state index is 0.125. The fourth-order valence-corrected chi connectivity index (χ4v) is 3.44. The quantitative estimate of drug-likeness (QED) is 0.849. The molecular formula is C19H24FN3O2. The summed E-state index contributed by atoms with van der Waals surface area (Å²) in [5, 5.41) is 3.89. The van der Waals surface area contributed by atoms with Gasteiger partial charge >= 0.3 is 0 Å². The molecule has 25 heavy (non-hydrogen) atoms. The predicted octanol–water partition coefficient (Wildman–Crippen LogP) is 3.62. The number of nitrogens with zero attached hydrogens (tertiary/aromatic N) is 3. The van der Waals surface area contributed by atoms with Crippen LogP contribution >= 0.6 is 0 Å². The summed E-state index contributed by atoms with van der Waals surface area (Å²) in [6.45, 7) is 7.71. The Kier molecular flexibility index (Phi) is 5.16. The van der Waals surface area contributed by atoms with E-state index in [0.29, 0.717) is 47.5 Å². The van der Waals surface area contributed by atoms with E-state index in [1.165, 1.54) is 12.5 Å². The van der Waals surface area contributed by atoms with Gasteiger partial charge in [0.25, 0.3) is 0 Å². The molecule has 2 heterocycles. The Morgan fingerprint density at radius 3 is 2.72 bits per heavy atom. The maximum absolute atomic E-state index is 13.7. The lowest BCUT2D eigenvalue weighted by atomic mass is 9.91. The van der Waals surface area contributed by atoms with Gasteiger partial charge in [0.05, 0.1) is 0 Å². The molecule has 1 fully saturated rings. The van der Waals surface area contributed by atoms with E-state index in [0.717, 1.165) is 13.1 Å². The Balaban J connectivity index is 1.60. The summed E-state index contributed by atoms with van der Waals surface area (Å²) in [7, 11) is 0. The van der Waals surface area contributed by atoms with Crippen molar-refractivity contribution in [3.05, 3.63) is 35.5 Å². The third-order valence-electron chi connectivity index (χ3n) is 4.67. The number of benzene rings is 1. The molecule has 0 unspecified atom stereocenters. The maximum Gasteiger partial charge on any atom is 0.227 e. The lowest BCUT2D eigenvalue weighted by molar-refractivity contribution is -0.133. The van der Waals surface area contributed by atoms with Gasteiger partial charge in [-0.15, -0.1) is 0 Å². The number of amides is 1. The molecule has 0 saturated carbocycles. The minimum Gasteiger partial charge on any atom is -0.342 e. The van der Waals surface area contributed by atoms with E-state index in [4.69, 9.17) is 4.52 Å². The number of likely N-dealkylation sites (tertiary alicyclic amines) is 1. The van der Waals surface area contributed by atoms with Gasteiger partial charge in [-0.1, -0.05) is 31.1 Å². The number of piperidine rings is 1. The van der Waals surface area contributed by atoms with Crippen LogP contribution in [0.25, 0.3) is 11.4 Å². The van der Waals surface area contributed by atoms with Gasteiger partial charge in [-0.05, 0) is 36.8 Å². The Morgan fingerprint density at radius 1 is 1.32 bits per heavy atom. The van der Waals surface area contributed by atoms with Crippen molar-refractivity contribution in [1.29, 1.82) is 0 Å². The molecule has 1 saturated heterocycles. The molecule has 0 radical (unpaired) electrons. The van der Waals surface area contributed by atoms with Gasteiger partial charge in [-0.3, -0.25) is 4.79 Å². The number of hydrogen-bond donors (Lipinski definition) is 0. The van der Waals surface area contributed by atoms with Crippen molar-refractivity contribution in [3.8, 4) is 11.4 Å². The molecule has 6 heteroatoms. The van der Waals surface area contributed by atoms with Crippen molar-refractivity contribution >= 4 is 5.91 Å². The van der Waals surface area contributed by atoms with Crippen molar-refractivity contribution in [2.45, 2.75) is 40.0 Å². The molecule has 2 atom stereocenters. The number of aryl methyl sites for hydroxylation is 2. The van der Waals surface area contributed by atoms with Crippen LogP contribution in [0, 0.1) is 24.6 Å². The fraction of sp³-hybridized carbons (Fsp3) is 0.526. The molecule has 0 N–H and O–H groups in total. The molecule has 134 valence electrons. The van der Waals surface area contributed by atoms with Crippen molar-refractivity contribution < 1.29 is 13.7 Å². The normalized spacial score (nSPS) is 20.7. The number of rotatable bonds is 4. The summed E-state index contributed by atoms with van der Waals surface area (Å²) < 4.78 is 18.9. The molecule has 1 aliphatic rings.